The maximum Gasteiger partial charge on any atom is 0.131 e. The molecule has 1 atom stereocenters. The van der Waals surface area contributed by atoms with Gasteiger partial charge in [-0.25, -0.2) is 9.97 Å². The summed E-state index contributed by atoms with van der Waals surface area (Å²) in [5.74, 6) is 2.17. The SMILES string of the molecule is Cc1nc(C2CCCCC2)nc(C)c1CC(C)CN. The van der Waals surface area contributed by atoms with Crippen LogP contribution in [0.15, 0.2) is 0 Å². The first-order valence-electron chi connectivity index (χ1n) is 7.66. The average molecular weight is 261 g/mol. The number of hydrogen-bond acceptors (Lipinski definition) is 3. The van der Waals surface area contributed by atoms with Crippen molar-refractivity contribution in [3.8, 4) is 0 Å². The molecule has 0 aromatic carbocycles. The lowest BCUT2D eigenvalue weighted by atomic mass is 9.88. The second-order valence-electron chi connectivity index (χ2n) is 6.11. The van der Waals surface area contributed by atoms with Crippen molar-refractivity contribution in [3.05, 3.63) is 22.8 Å². The lowest BCUT2D eigenvalue weighted by Gasteiger charge is -2.22. The van der Waals surface area contributed by atoms with Gasteiger partial charge in [0.05, 0.1) is 0 Å². The van der Waals surface area contributed by atoms with E-state index in [1.165, 1.54) is 37.7 Å². The minimum absolute atomic E-state index is 0.501. The molecule has 1 heterocycles. The van der Waals surface area contributed by atoms with Gasteiger partial charge >= 0.3 is 0 Å². The second-order valence-corrected chi connectivity index (χ2v) is 6.11. The zero-order chi connectivity index (χ0) is 13.8. The molecule has 2 rings (SSSR count). The smallest absolute Gasteiger partial charge is 0.131 e. The zero-order valence-electron chi connectivity index (χ0n) is 12.6. The summed E-state index contributed by atoms with van der Waals surface area (Å²) < 4.78 is 0. The lowest BCUT2D eigenvalue weighted by molar-refractivity contribution is 0.426. The molecule has 1 saturated carbocycles. The Hall–Kier alpha value is -0.960. The van der Waals surface area contributed by atoms with E-state index in [-0.39, 0.29) is 0 Å². The Labute approximate surface area is 117 Å². The first-order chi connectivity index (χ1) is 9.11. The van der Waals surface area contributed by atoms with Crippen molar-refractivity contribution >= 4 is 0 Å². The van der Waals surface area contributed by atoms with Crippen LogP contribution in [-0.2, 0) is 6.42 Å². The summed E-state index contributed by atoms with van der Waals surface area (Å²) in [5.41, 5.74) is 9.35. The Morgan fingerprint density at radius 2 is 1.68 bits per heavy atom. The molecular weight excluding hydrogens is 234 g/mol. The summed E-state index contributed by atoms with van der Waals surface area (Å²) in [6.07, 6.45) is 7.56. The van der Waals surface area contributed by atoms with Crippen molar-refractivity contribution in [2.45, 2.75) is 65.2 Å². The quantitative estimate of drug-likeness (QED) is 0.905. The van der Waals surface area contributed by atoms with Crippen molar-refractivity contribution in [1.29, 1.82) is 0 Å². The third kappa shape index (κ3) is 3.53. The van der Waals surface area contributed by atoms with E-state index in [2.05, 4.69) is 20.8 Å². The lowest BCUT2D eigenvalue weighted by Crippen LogP contribution is -2.17. The van der Waals surface area contributed by atoms with Crippen LogP contribution in [0, 0.1) is 19.8 Å². The van der Waals surface area contributed by atoms with E-state index in [1.54, 1.807) is 0 Å². The van der Waals surface area contributed by atoms with Crippen LogP contribution in [0.1, 0.15) is 67.7 Å². The molecule has 1 aliphatic carbocycles. The highest BCUT2D eigenvalue weighted by molar-refractivity contribution is 5.25. The zero-order valence-corrected chi connectivity index (χ0v) is 12.6. The molecule has 1 aromatic heterocycles. The van der Waals surface area contributed by atoms with Crippen LogP contribution in [0.5, 0.6) is 0 Å². The Balaban J connectivity index is 2.20. The van der Waals surface area contributed by atoms with Gasteiger partial charge in [0.25, 0.3) is 0 Å². The Morgan fingerprint density at radius 3 is 2.21 bits per heavy atom. The third-order valence-electron chi connectivity index (χ3n) is 4.36. The normalized spacial score (nSPS) is 18.5. The van der Waals surface area contributed by atoms with Crippen LogP contribution in [0.25, 0.3) is 0 Å². The fraction of sp³-hybridized carbons (Fsp3) is 0.750. The summed E-state index contributed by atoms with van der Waals surface area (Å²) in [4.78, 5) is 9.59. The molecular formula is C16H27N3. The van der Waals surface area contributed by atoms with Crippen LogP contribution in [0.2, 0.25) is 0 Å². The first-order valence-corrected chi connectivity index (χ1v) is 7.66. The van der Waals surface area contributed by atoms with Gasteiger partial charge in [-0.05, 0) is 51.1 Å². The van der Waals surface area contributed by atoms with E-state index >= 15 is 0 Å². The van der Waals surface area contributed by atoms with Crippen LogP contribution in [-0.4, -0.2) is 16.5 Å². The first kappa shape index (κ1) is 14.4. The van der Waals surface area contributed by atoms with E-state index in [0.29, 0.717) is 11.8 Å². The molecule has 106 valence electrons. The number of aromatic nitrogens is 2. The summed E-state index contributed by atoms with van der Waals surface area (Å²) in [7, 11) is 0. The van der Waals surface area contributed by atoms with Crippen molar-refractivity contribution in [3.63, 3.8) is 0 Å². The Morgan fingerprint density at radius 1 is 1.11 bits per heavy atom. The van der Waals surface area contributed by atoms with E-state index in [0.717, 1.165) is 30.2 Å². The highest BCUT2D eigenvalue weighted by atomic mass is 14.9. The minimum atomic E-state index is 0.501. The summed E-state index contributed by atoms with van der Waals surface area (Å²) in [6, 6.07) is 0. The molecule has 0 amide bonds. The Bertz CT molecular complexity index is 399. The molecule has 3 heteroatoms. The average Bonchev–Trinajstić information content (AvgIpc) is 2.43. The monoisotopic (exact) mass is 261 g/mol. The summed E-state index contributed by atoms with van der Waals surface area (Å²) in [5, 5.41) is 0. The van der Waals surface area contributed by atoms with Crippen LogP contribution in [0.4, 0.5) is 0 Å². The molecule has 0 radical (unpaired) electrons. The summed E-state index contributed by atoms with van der Waals surface area (Å²) in [6.45, 7) is 7.16. The molecule has 3 nitrogen and oxygen atoms in total. The maximum absolute atomic E-state index is 5.73. The fourth-order valence-corrected chi connectivity index (χ4v) is 3.04. The number of aryl methyl sites for hydroxylation is 2. The molecule has 0 saturated heterocycles. The molecule has 0 spiro atoms. The molecule has 1 aromatic rings. The summed E-state index contributed by atoms with van der Waals surface area (Å²) >= 11 is 0. The van der Waals surface area contributed by atoms with E-state index in [4.69, 9.17) is 15.7 Å². The Kier molecular flexibility index (Phi) is 4.92. The minimum Gasteiger partial charge on any atom is -0.330 e. The van der Waals surface area contributed by atoms with Gasteiger partial charge in [-0.2, -0.15) is 0 Å². The third-order valence-corrected chi connectivity index (χ3v) is 4.36. The molecule has 0 bridgehead atoms. The van der Waals surface area contributed by atoms with Crippen LogP contribution >= 0.6 is 0 Å². The van der Waals surface area contributed by atoms with Gasteiger partial charge in [0.1, 0.15) is 5.82 Å². The van der Waals surface area contributed by atoms with E-state index in [1.807, 2.05) is 0 Å². The topological polar surface area (TPSA) is 51.8 Å². The largest absolute Gasteiger partial charge is 0.330 e. The highest BCUT2D eigenvalue weighted by Crippen LogP contribution is 2.31. The van der Waals surface area contributed by atoms with Gasteiger partial charge in [0, 0.05) is 17.3 Å². The highest BCUT2D eigenvalue weighted by Gasteiger charge is 2.20. The number of nitrogens with two attached hydrogens (primary N) is 1. The maximum atomic E-state index is 5.73. The predicted molar refractivity (Wildman–Crippen MR) is 79.3 cm³/mol. The van der Waals surface area contributed by atoms with Gasteiger partial charge in [-0.3, -0.25) is 0 Å². The number of rotatable bonds is 4. The van der Waals surface area contributed by atoms with E-state index < -0.39 is 0 Å². The van der Waals surface area contributed by atoms with E-state index in [9.17, 15) is 0 Å². The van der Waals surface area contributed by atoms with Crippen molar-refractivity contribution in [2.75, 3.05) is 6.54 Å². The predicted octanol–water partition coefficient (Wildman–Crippen LogP) is 3.28. The van der Waals surface area contributed by atoms with Crippen LogP contribution in [0.3, 0.4) is 0 Å². The van der Waals surface area contributed by atoms with Crippen molar-refractivity contribution < 1.29 is 0 Å². The molecule has 2 N–H and O–H groups in total. The second kappa shape index (κ2) is 6.47. The van der Waals surface area contributed by atoms with Gasteiger partial charge in [-0.15, -0.1) is 0 Å². The molecule has 1 aliphatic rings. The molecule has 0 aliphatic heterocycles. The molecule has 19 heavy (non-hydrogen) atoms. The molecule has 1 fully saturated rings. The van der Waals surface area contributed by atoms with Crippen molar-refractivity contribution in [2.24, 2.45) is 11.7 Å². The van der Waals surface area contributed by atoms with Gasteiger partial charge in [0.15, 0.2) is 0 Å². The van der Waals surface area contributed by atoms with Crippen LogP contribution < -0.4 is 5.73 Å². The number of hydrogen-bond donors (Lipinski definition) is 1. The van der Waals surface area contributed by atoms with Crippen molar-refractivity contribution in [1.82, 2.24) is 9.97 Å². The van der Waals surface area contributed by atoms with Gasteiger partial charge in [0.2, 0.25) is 0 Å². The number of nitrogens with zero attached hydrogens (tertiary/aromatic N) is 2. The molecule has 1 unspecified atom stereocenters. The fourth-order valence-electron chi connectivity index (χ4n) is 3.04. The van der Waals surface area contributed by atoms with Gasteiger partial charge in [-0.1, -0.05) is 26.2 Å². The standard InChI is InChI=1S/C16H27N3/c1-11(10-17)9-15-12(2)18-16(19-13(15)3)14-7-5-4-6-8-14/h11,14H,4-10,17H2,1-3H3. The van der Waals surface area contributed by atoms with Gasteiger partial charge < -0.3 is 5.73 Å².